The van der Waals surface area contributed by atoms with Crippen molar-refractivity contribution in [3.63, 3.8) is 0 Å². The fourth-order valence-electron chi connectivity index (χ4n) is 3.04. The summed E-state index contributed by atoms with van der Waals surface area (Å²) in [6.45, 7) is 6.13. The van der Waals surface area contributed by atoms with Gasteiger partial charge in [0.2, 0.25) is 0 Å². The molecule has 3 heteroatoms. The molecule has 0 aromatic rings. The Morgan fingerprint density at radius 2 is 2.12 bits per heavy atom. The Kier molecular flexibility index (Phi) is 4.36. The Balaban J connectivity index is 2.84. The number of hydrogen-bond acceptors (Lipinski definition) is 2. The van der Waals surface area contributed by atoms with Gasteiger partial charge in [-0.05, 0) is 37.5 Å². The number of hydrogen-bond donors (Lipinski definition) is 2. The van der Waals surface area contributed by atoms with Gasteiger partial charge in [-0.25, -0.2) is 0 Å². The van der Waals surface area contributed by atoms with Gasteiger partial charge in [0.1, 0.15) is 0 Å². The van der Waals surface area contributed by atoms with Crippen molar-refractivity contribution in [2.24, 2.45) is 17.8 Å². The molecule has 0 aromatic carbocycles. The predicted octanol–water partition coefficient (Wildman–Crippen LogP) is 2.67. The summed E-state index contributed by atoms with van der Waals surface area (Å²) in [6, 6.07) is 0. The van der Waals surface area contributed by atoms with Crippen LogP contribution in [0.5, 0.6) is 0 Å². The van der Waals surface area contributed by atoms with Crippen molar-refractivity contribution in [2.45, 2.75) is 58.5 Å². The minimum absolute atomic E-state index is 0.0869. The first kappa shape index (κ1) is 13.5. The highest BCUT2D eigenvalue weighted by Gasteiger charge is 2.47. The maximum atomic E-state index is 11.3. The third-order valence-electron chi connectivity index (χ3n) is 4.13. The van der Waals surface area contributed by atoms with Gasteiger partial charge in [-0.2, -0.15) is 0 Å². The number of carboxylic acid groups (broad SMARTS) is 1. The molecule has 1 aliphatic rings. The van der Waals surface area contributed by atoms with Gasteiger partial charge in [-0.3, -0.25) is 4.79 Å². The molecule has 2 N–H and O–H groups in total. The molecular weight excluding hydrogens is 204 g/mol. The van der Waals surface area contributed by atoms with Crippen molar-refractivity contribution >= 4 is 5.97 Å². The molecule has 4 atom stereocenters. The molecule has 0 heterocycles. The van der Waals surface area contributed by atoms with Crippen molar-refractivity contribution in [1.29, 1.82) is 0 Å². The monoisotopic (exact) mass is 228 g/mol. The first-order valence-electron chi connectivity index (χ1n) is 6.37. The van der Waals surface area contributed by atoms with Crippen LogP contribution in [0.15, 0.2) is 0 Å². The topological polar surface area (TPSA) is 57.5 Å². The average molecular weight is 228 g/mol. The van der Waals surface area contributed by atoms with E-state index in [2.05, 4.69) is 6.92 Å². The van der Waals surface area contributed by atoms with Gasteiger partial charge in [0.15, 0.2) is 0 Å². The zero-order valence-corrected chi connectivity index (χ0v) is 10.6. The molecule has 0 aromatic heterocycles. The van der Waals surface area contributed by atoms with E-state index in [-0.39, 0.29) is 5.92 Å². The third-order valence-corrected chi connectivity index (χ3v) is 4.13. The first-order chi connectivity index (χ1) is 7.41. The van der Waals surface area contributed by atoms with Gasteiger partial charge in [0.25, 0.3) is 0 Å². The van der Waals surface area contributed by atoms with E-state index in [0.717, 1.165) is 19.3 Å². The van der Waals surface area contributed by atoms with Crippen LogP contribution < -0.4 is 0 Å². The van der Waals surface area contributed by atoms with E-state index in [0.29, 0.717) is 18.8 Å². The second-order valence-corrected chi connectivity index (χ2v) is 5.45. The molecule has 94 valence electrons. The molecule has 0 aliphatic heterocycles. The minimum Gasteiger partial charge on any atom is -0.481 e. The van der Waals surface area contributed by atoms with E-state index in [1.54, 1.807) is 0 Å². The maximum absolute atomic E-state index is 11.3. The number of rotatable bonds is 4. The van der Waals surface area contributed by atoms with Crippen molar-refractivity contribution in [1.82, 2.24) is 0 Å². The summed E-state index contributed by atoms with van der Waals surface area (Å²) in [5.74, 6) is -0.749. The smallest absolute Gasteiger partial charge is 0.309 e. The fraction of sp³-hybridized carbons (Fsp3) is 0.923. The van der Waals surface area contributed by atoms with Gasteiger partial charge < -0.3 is 10.2 Å². The molecule has 1 rings (SSSR count). The molecule has 0 saturated heterocycles. The Hall–Kier alpha value is -0.570. The molecule has 3 nitrogen and oxygen atoms in total. The SMILES string of the molecule is CCCC(C(=O)O)C1(O)CCC(C)CC1C. The lowest BCUT2D eigenvalue weighted by molar-refractivity contribution is -0.163. The summed E-state index contributed by atoms with van der Waals surface area (Å²) in [5, 5.41) is 19.9. The van der Waals surface area contributed by atoms with Crippen molar-refractivity contribution in [2.75, 3.05) is 0 Å². The Morgan fingerprint density at radius 1 is 1.50 bits per heavy atom. The quantitative estimate of drug-likeness (QED) is 0.777. The van der Waals surface area contributed by atoms with Crippen LogP contribution in [-0.4, -0.2) is 21.8 Å². The van der Waals surface area contributed by atoms with Crippen LogP contribution in [-0.2, 0) is 4.79 Å². The van der Waals surface area contributed by atoms with Gasteiger partial charge in [0, 0.05) is 0 Å². The summed E-state index contributed by atoms with van der Waals surface area (Å²) in [4.78, 5) is 11.3. The number of aliphatic carboxylic acids is 1. The number of carbonyl (C=O) groups is 1. The number of carboxylic acids is 1. The summed E-state index contributed by atoms with van der Waals surface area (Å²) >= 11 is 0. The molecule has 1 aliphatic carbocycles. The van der Waals surface area contributed by atoms with Crippen LogP contribution in [0, 0.1) is 17.8 Å². The lowest BCUT2D eigenvalue weighted by Crippen LogP contribution is -2.50. The molecule has 16 heavy (non-hydrogen) atoms. The van der Waals surface area contributed by atoms with Crippen LogP contribution in [0.2, 0.25) is 0 Å². The molecule has 0 radical (unpaired) electrons. The molecule has 0 amide bonds. The fourth-order valence-corrected chi connectivity index (χ4v) is 3.04. The van der Waals surface area contributed by atoms with E-state index < -0.39 is 17.5 Å². The molecule has 1 fully saturated rings. The zero-order valence-electron chi connectivity index (χ0n) is 10.6. The maximum Gasteiger partial charge on any atom is 0.309 e. The lowest BCUT2D eigenvalue weighted by atomic mass is 9.65. The standard InChI is InChI=1S/C13H24O3/c1-4-5-11(12(14)15)13(16)7-6-9(2)8-10(13)3/h9-11,16H,4-8H2,1-3H3,(H,14,15). The van der Waals surface area contributed by atoms with Gasteiger partial charge >= 0.3 is 5.97 Å². The molecule has 0 bridgehead atoms. The molecular formula is C13H24O3. The second kappa shape index (κ2) is 5.17. The first-order valence-corrected chi connectivity index (χ1v) is 6.37. The van der Waals surface area contributed by atoms with E-state index in [9.17, 15) is 15.0 Å². The van der Waals surface area contributed by atoms with Gasteiger partial charge in [0.05, 0.1) is 11.5 Å². The van der Waals surface area contributed by atoms with Gasteiger partial charge in [-0.15, -0.1) is 0 Å². The van der Waals surface area contributed by atoms with Crippen LogP contribution in [0.4, 0.5) is 0 Å². The highest BCUT2D eigenvalue weighted by atomic mass is 16.4. The van der Waals surface area contributed by atoms with E-state index in [1.165, 1.54) is 0 Å². The zero-order chi connectivity index (χ0) is 12.3. The molecule has 0 spiro atoms. The number of aliphatic hydroxyl groups is 1. The van der Waals surface area contributed by atoms with Crippen molar-refractivity contribution in [3.05, 3.63) is 0 Å². The highest BCUT2D eigenvalue weighted by molar-refractivity contribution is 5.71. The van der Waals surface area contributed by atoms with Crippen LogP contribution in [0.3, 0.4) is 0 Å². The van der Waals surface area contributed by atoms with E-state index >= 15 is 0 Å². The second-order valence-electron chi connectivity index (χ2n) is 5.45. The lowest BCUT2D eigenvalue weighted by Gasteiger charge is -2.44. The van der Waals surface area contributed by atoms with E-state index in [4.69, 9.17) is 0 Å². The summed E-state index contributed by atoms with van der Waals surface area (Å²) < 4.78 is 0. The summed E-state index contributed by atoms with van der Waals surface area (Å²) in [7, 11) is 0. The Morgan fingerprint density at radius 3 is 2.56 bits per heavy atom. The average Bonchev–Trinajstić information content (AvgIpc) is 2.20. The predicted molar refractivity (Wildman–Crippen MR) is 63.2 cm³/mol. The molecule has 1 saturated carbocycles. The Labute approximate surface area is 97.9 Å². The largest absolute Gasteiger partial charge is 0.481 e. The molecule has 4 unspecified atom stereocenters. The summed E-state index contributed by atoms with van der Waals surface area (Å²) in [6.07, 6.45) is 3.89. The van der Waals surface area contributed by atoms with Crippen molar-refractivity contribution < 1.29 is 15.0 Å². The normalized spacial score (nSPS) is 37.0. The summed E-state index contributed by atoms with van der Waals surface area (Å²) in [5.41, 5.74) is -0.992. The van der Waals surface area contributed by atoms with Crippen molar-refractivity contribution in [3.8, 4) is 0 Å². The van der Waals surface area contributed by atoms with Crippen LogP contribution in [0.25, 0.3) is 0 Å². The van der Waals surface area contributed by atoms with Gasteiger partial charge in [-0.1, -0.05) is 27.2 Å². The van der Waals surface area contributed by atoms with E-state index in [1.807, 2.05) is 13.8 Å². The van der Waals surface area contributed by atoms with Crippen LogP contribution >= 0.6 is 0 Å². The highest BCUT2D eigenvalue weighted by Crippen LogP contribution is 2.42. The minimum atomic E-state index is -0.992. The third kappa shape index (κ3) is 2.57. The van der Waals surface area contributed by atoms with Crippen LogP contribution in [0.1, 0.15) is 52.9 Å². The Bertz CT molecular complexity index is 252.